The van der Waals surface area contributed by atoms with Gasteiger partial charge in [-0.05, 0) is 43.3 Å². The van der Waals surface area contributed by atoms with Crippen LogP contribution in [0.25, 0.3) is 0 Å². The molecule has 4 nitrogen and oxygen atoms in total. The molecule has 0 radical (unpaired) electrons. The van der Waals surface area contributed by atoms with E-state index in [0.717, 1.165) is 0 Å². The predicted molar refractivity (Wildman–Crippen MR) is 81.3 cm³/mol. The lowest BCUT2D eigenvalue weighted by molar-refractivity contribution is -0.118. The number of hydrogen-bond donors (Lipinski definition) is 0. The van der Waals surface area contributed by atoms with E-state index in [9.17, 15) is 14.0 Å². The van der Waals surface area contributed by atoms with Crippen LogP contribution in [0, 0.1) is 11.7 Å². The molecule has 0 saturated heterocycles. The summed E-state index contributed by atoms with van der Waals surface area (Å²) >= 11 is 0. The number of para-hydroxylation sites is 1. The molecule has 0 aliphatic carbocycles. The lowest BCUT2D eigenvalue weighted by Gasteiger charge is -2.13. The Balaban J connectivity index is 1.90. The Kier molecular flexibility index (Phi) is 3.55. The van der Waals surface area contributed by atoms with Crippen LogP contribution in [0.2, 0.25) is 0 Å². The van der Waals surface area contributed by atoms with Gasteiger partial charge in [0.05, 0.1) is 11.4 Å². The Labute approximate surface area is 126 Å². The van der Waals surface area contributed by atoms with Gasteiger partial charge in [-0.1, -0.05) is 18.2 Å². The first-order valence-corrected chi connectivity index (χ1v) is 6.82. The van der Waals surface area contributed by atoms with Gasteiger partial charge in [0.15, 0.2) is 5.78 Å². The van der Waals surface area contributed by atoms with E-state index in [0.29, 0.717) is 17.0 Å². The Bertz CT molecular complexity index is 754. The second kappa shape index (κ2) is 5.52. The number of carbonyl (C=O) groups is 2. The van der Waals surface area contributed by atoms with E-state index in [4.69, 9.17) is 0 Å². The zero-order valence-electron chi connectivity index (χ0n) is 11.9. The molecule has 22 heavy (non-hydrogen) atoms. The van der Waals surface area contributed by atoms with Crippen molar-refractivity contribution in [3.63, 3.8) is 0 Å². The molecule has 1 atom stereocenters. The van der Waals surface area contributed by atoms with Crippen molar-refractivity contribution in [1.29, 1.82) is 0 Å². The van der Waals surface area contributed by atoms with Crippen LogP contribution in [0.5, 0.6) is 0 Å². The van der Waals surface area contributed by atoms with Gasteiger partial charge < -0.3 is 0 Å². The van der Waals surface area contributed by atoms with E-state index < -0.39 is 17.6 Å². The summed E-state index contributed by atoms with van der Waals surface area (Å²) in [5, 5.41) is 5.43. The average Bonchev–Trinajstić information content (AvgIpc) is 2.83. The van der Waals surface area contributed by atoms with Crippen LogP contribution in [0.15, 0.2) is 59.7 Å². The van der Waals surface area contributed by atoms with Gasteiger partial charge in [-0.25, -0.2) is 4.39 Å². The standard InChI is InChI=1S/C17H13FN2O2/c1-11-15(16(21)12-7-9-13(18)10-8-12)17(22)20(19-11)14-5-3-2-4-6-14/h2-10,15H,1H3/t15-/m0/s1. The highest BCUT2D eigenvalue weighted by Gasteiger charge is 2.39. The molecule has 3 rings (SSSR count). The number of benzene rings is 2. The number of anilines is 1. The second-order valence-corrected chi connectivity index (χ2v) is 5.03. The van der Waals surface area contributed by atoms with Crippen molar-refractivity contribution in [2.75, 3.05) is 5.01 Å². The molecule has 5 heteroatoms. The Morgan fingerprint density at radius 2 is 1.73 bits per heavy atom. The zero-order valence-corrected chi connectivity index (χ0v) is 11.9. The Morgan fingerprint density at radius 1 is 1.09 bits per heavy atom. The third-order valence-corrected chi connectivity index (χ3v) is 3.52. The SMILES string of the molecule is CC1=NN(c2ccccc2)C(=O)[C@@H]1C(=O)c1ccc(F)cc1. The van der Waals surface area contributed by atoms with Crippen LogP contribution < -0.4 is 5.01 Å². The summed E-state index contributed by atoms with van der Waals surface area (Å²) in [5.74, 6) is -2.14. The van der Waals surface area contributed by atoms with Crippen LogP contribution >= 0.6 is 0 Å². The molecule has 0 N–H and O–H groups in total. The molecule has 0 spiro atoms. The average molecular weight is 296 g/mol. The summed E-state index contributed by atoms with van der Waals surface area (Å²) in [6.45, 7) is 1.65. The first-order valence-electron chi connectivity index (χ1n) is 6.82. The van der Waals surface area contributed by atoms with Gasteiger partial charge in [0.25, 0.3) is 5.91 Å². The molecule has 0 aromatic heterocycles. The molecule has 2 aromatic carbocycles. The molecule has 0 saturated carbocycles. The van der Waals surface area contributed by atoms with Crippen LogP contribution in [-0.4, -0.2) is 17.4 Å². The quantitative estimate of drug-likeness (QED) is 0.645. The number of carbonyl (C=O) groups excluding carboxylic acids is 2. The molecule has 1 aliphatic rings. The number of hydrogen-bond acceptors (Lipinski definition) is 3. The van der Waals surface area contributed by atoms with E-state index in [2.05, 4.69) is 5.10 Å². The number of amides is 1. The minimum Gasteiger partial charge on any atom is -0.293 e. The molecule has 0 bridgehead atoms. The van der Waals surface area contributed by atoms with Gasteiger partial charge >= 0.3 is 0 Å². The monoisotopic (exact) mass is 296 g/mol. The van der Waals surface area contributed by atoms with Crippen molar-refractivity contribution < 1.29 is 14.0 Å². The Hall–Kier alpha value is -2.82. The molecular weight excluding hydrogens is 283 g/mol. The van der Waals surface area contributed by atoms with Gasteiger partial charge in [0, 0.05) is 5.56 Å². The number of ketones is 1. The van der Waals surface area contributed by atoms with Crippen LogP contribution in [-0.2, 0) is 4.79 Å². The van der Waals surface area contributed by atoms with E-state index in [1.807, 2.05) is 6.07 Å². The van der Waals surface area contributed by atoms with Crippen molar-refractivity contribution in [3.05, 3.63) is 66.0 Å². The number of halogens is 1. The lowest BCUT2D eigenvalue weighted by Crippen LogP contribution is -2.32. The fraction of sp³-hybridized carbons (Fsp3) is 0.118. The summed E-state index contributed by atoms with van der Waals surface area (Å²) < 4.78 is 13.0. The number of rotatable bonds is 3. The van der Waals surface area contributed by atoms with Gasteiger partial charge in [-0.3, -0.25) is 9.59 Å². The molecule has 1 aliphatic heterocycles. The van der Waals surface area contributed by atoms with Crippen molar-refractivity contribution in [2.24, 2.45) is 11.0 Å². The molecule has 0 fully saturated rings. The van der Waals surface area contributed by atoms with Gasteiger partial charge in [-0.15, -0.1) is 0 Å². The van der Waals surface area contributed by atoms with Gasteiger partial charge in [0.1, 0.15) is 11.7 Å². The maximum atomic E-state index is 13.0. The van der Waals surface area contributed by atoms with Crippen molar-refractivity contribution in [1.82, 2.24) is 0 Å². The number of hydrazone groups is 1. The van der Waals surface area contributed by atoms with E-state index in [1.54, 1.807) is 31.2 Å². The van der Waals surface area contributed by atoms with E-state index >= 15 is 0 Å². The zero-order chi connectivity index (χ0) is 15.7. The van der Waals surface area contributed by atoms with E-state index in [-0.39, 0.29) is 5.78 Å². The summed E-state index contributed by atoms with van der Waals surface area (Å²) in [7, 11) is 0. The molecule has 0 unspecified atom stereocenters. The van der Waals surface area contributed by atoms with Crippen LogP contribution in [0.3, 0.4) is 0 Å². The summed E-state index contributed by atoms with van der Waals surface area (Å²) in [6, 6.07) is 14.1. The first kappa shape index (κ1) is 14.1. The third kappa shape index (κ3) is 2.41. The predicted octanol–water partition coefficient (Wildman–Crippen LogP) is 3.05. The van der Waals surface area contributed by atoms with Crippen molar-refractivity contribution in [2.45, 2.75) is 6.92 Å². The lowest BCUT2D eigenvalue weighted by atomic mass is 9.93. The summed E-state index contributed by atoms with van der Waals surface area (Å²) in [4.78, 5) is 25.0. The van der Waals surface area contributed by atoms with Gasteiger partial charge in [0.2, 0.25) is 0 Å². The fourth-order valence-electron chi connectivity index (χ4n) is 2.40. The minimum atomic E-state index is -0.953. The van der Waals surface area contributed by atoms with Crippen LogP contribution in [0.4, 0.5) is 10.1 Å². The highest BCUT2D eigenvalue weighted by Crippen LogP contribution is 2.26. The maximum Gasteiger partial charge on any atom is 0.264 e. The maximum absolute atomic E-state index is 13.0. The summed E-state index contributed by atoms with van der Waals surface area (Å²) in [5.41, 5.74) is 1.34. The fourth-order valence-corrected chi connectivity index (χ4v) is 2.40. The highest BCUT2D eigenvalue weighted by atomic mass is 19.1. The van der Waals surface area contributed by atoms with Gasteiger partial charge in [-0.2, -0.15) is 10.1 Å². The number of nitrogens with zero attached hydrogens (tertiary/aromatic N) is 2. The molecule has 1 heterocycles. The normalized spacial score (nSPS) is 17.5. The van der Waals surface area contributed by atoms with Crippen LogP contribution in [0.1, 0.15) is 17.3 Å². The third-order valence-electron chi connectivity index (χ3n) is 3.52. The first-order chi connectivity index (χ1) is 10.6. The van der Waals surface area contributed by atoms with Crippen molar-refractivity contribution >= 4 is 23.1 Å². The smallest absolute Gasteiger partial charge is 0.264 e. The summed E-state index contributed by atoms with van der Waals surface area (Å²) in [6.07, 6.45) is 0. The second-order valence-electron chi connectivity index (χ2n) is 5.03. The highest BCUT2D eigenvalue weighted by molar-refractivity contribution is 6.30. The largest absolute Gasteiger partial charge is 0.293 e. The number of Topliss-reactive ketones (excluding diaryl/α,β-unsaturated/α-hetero) is 1. The van der Waals surface area contributed by atoms with Crippen molar-refractivity contribution in [3.8, 4) is 0 Å². The molecule has 2 aromatic rings. The topological polar surface area (TPSA) is 49.7 Å². The Morgan fingerprint density at radius 3 is 2.36 bits per heavy atom. The molecular formula is C17H13FN2O2. The molecule has 110 valence electrons. The van der Waals surface area contributed by atoms with E-state index in [1.165, 1.54) is 29.3 Å². The molecule has 1 amide bonds. The minimum absolute atomic E-state index is 0.296.